The molecule has 1 amide bonds. The van der Waals surface area contributed by atoms with E-state index in [1.165, 1.54) is 4.68 Å². The van der Waals surface area contributed by atoms with Crippen molar-refractivity contribution < 1.29 is 9.53 Å². The molecule has 1 aromatic rings. The molecule has 2 rings (SSSR count). The Balaban J connectivity index is 1.88. The highest BCUT2D eigenvalue weighted by Gasteiger charge is 2.25. The number of piperidine rings is 1. The van der Waals surface area contributed by atoms with Crippen LogP contribution in [0, 0.1) is 5.92 Å². The van der Waals surface area contributed by atoms with E-state index < -0.39 is 0 Å². The fourth-order valence-electron chi connectivity index (χ4n) is 2.80. The lowest BCUT2D eigenvalue weighted by Gasteiger charge is -2.32. The summed E-state index contributed by atoms with van der Waals surface area (Å²) in [6.45, 7) is 5.27. The van der Waals surface area contributed by atoms with Gasteiger partial charge in [-0.3, -0.25) is 9.59 Å². The molecular formula is C16H26N4O3. The van der Waals surface area contributed by atoms with Gasteiger partial charge in [-0.15, -0.1) is 0 Å². The summed E-state index contributed by atoms with van der Waals surface area (Å²) in [5.41, 5.74) is 0.782. The maximum Gasteiger partial charge on any atom is 0.268 e. The minimum Gasteiger partial charge on any atom is -0.383 e. The van der Waals surface area contributed by atoms with Crippen LogP contribution in [0.1, 0.15) is 26.2 Å². The fourth-order valence-corrected chi connectivity index (χ4v) is 2.80. The highest BCUT2D eigenvalue weighted by atomic mass is 16.5. The quantitative estimate of drug-likeness (QED) is 0.745. The molecule has 1 N–H and O–H groups in total. The third-order valence-corrected chi connectivity index (χ3v) is 4.13. The van der Waals surface area contributed by atoms with Crippen molar-refractivity contribution in [1.29, 1.82) is 0 Å². The second-order valence-electron chi connectivity index (χ2n) is 5.82. The van der Waals surface area contributed by atoms with Crippen LogP contribution in [-0.4, -0.2) is 49.0 Å². The van der Waals surface area contributed by atoms with Crippen molar-refractivity contribution in [3.63, 3.8) is 0 Å². The van der Waals surface area contributed by atoms with Gasteiger partial charge < -0.3 is 15.0 Å². The topological polar surface area (TPSA) is 76.5 Å². The number of aromatic nitrogens is 2. The van der Waals surface area contributed by atoms with Crippen molar-refractivity contribution in [3.8, 4) is 0 Å². The fraction of sp³-hybridized carbons (Fsp3) is 0.688. The Bertz CT molecular complexity index is 565. The zero-order valence-corrected chi connectivity index (χ0v) is 14.0. The Morgan fingerprint density at radius 1 is 1.43 bits per heavy atom. The van der Waals surface area contributed by atoms with Gasteiger partial charge in [0.2, 0.25) is 5.91 Å². The monoisotopic (exact) mass is 322 g/mol. The number of aryl methyl sites for hydroxylation is 1. The van der Waals surface area contributed by atoms with Crippen LogP contribution in [0.15, 0.2) is 17.1 Å². The summed E-state index contributed by atoms with van der Waals surface area (Å²) in [6, 6.07) is 1.64. The van der Waals surface area contributed by atoms with Crippen LogP contribution >= 0.6 is 0 Å². The van der Waals surface area contributed by atoms with Gasteiger partial charge in [-0.1, -0.05) is 6.92 Å². The van der Waals surface area contributed by atoms with Gasteiger partial charge in [0.15, 0.2) is 0 Å². The molecule has 2 heterocycles. The first-order valence-corrected chi connectivity index (χ1v) is 8.24. The normalized spacial score (nSPS) is 15.7. The molecule has 0 atom stereocenters. The molecule has 0 saturated carbocycles. The van der Waals surface area contributed by atoms with Crippen molar-refractivity contribution in [1.82, 2.24) is 15.1 Å². The van der Waals surface area contributed by atoms with E-state index >= 15 is 0 Å². The smallest absolute Gasteiger partial charge is 0.268 e. The van der Waals surface area contributed by atoms with Gasteiger partial charge in [-0.2, -0.15) is 5.10 Å². The number of anilines is 1. The van der Waals surface area contributed by atoms with Crippen molar-refractivity contribution in [2.75, 3.05) is 38.3 Å². The molecule has 0 aromatic carbocycles. The minimum absolute atomic E-state index is 0.0385. The number of amides is 1. The lowest BCUT2D eigenvalue weighted by atomic mass is 9.95. The molecule has 0 bridgehead atoms. The second-order valence-corrected chi connectivity index (χ2v) is 5.82. The number of ether oxygens (including phenoxy) is 1. The first-order valence-electron chi connectivity index (χ1n) is 8.24. The highest BCUT2D eigenvalue weighted by molar-refractivity contribution is 5.78. The van der Waals surface area contributed by atoms with Crippen molar-refractivity contribution in [2.45, 2.75) is 32.7 Å². The second kappa shape index (κ2) is 8.67. The number of rotatable bonds is 7. The summed E-state index contributed by atoms with van der Waals surface area (Å²) >= 11 is 0. The molecule has 7 nitrogen and oxygen atoms in total. The Kier molecular flexibility index (Phi) is 6.58. The van der Waals surface area contributed by atoms with Crippen LogP contribution in [0.25, 0.3) is 0 Å². The van der Waals surface area contributed by atoms with Gasteiger partial charge in [0.05, 0.1) is 18.5 Å². The predicted molar refractivity (Wildman–Crippen MR) is 88.6 cm³/mol. The average molecular weight is 322 g/mol. The van der Waals surface area contributed by atoms with E-state index in [4.69, 9.17) is 4.74 Å². The van der Waals surface area contributed by atoms with Gasteiger partial charge in [0.25, 0.3) is 5.56 Å². The predicted octanol–water partition coefficient (Wildman–Crippen LogP) is 0.632. The highest BCUT2D eigenvalue weighted by Crippen LogP contribution is 2.21. The number of hydrogen-bond acceptors (Lipinski definition) is 5. The summed E-state index contributed by atoms with van der Waals surface area (Å²) in [4.78, 5) is 26.2. The average Bonchev–Trinajstić information content (AvgIpc) is 2.57. The summed E-state index contributed by atoms with van der Waals surface area (Å²) in [5.74, 6) is 0.134. The van der Waals surface area contributed by atoms with Gasteiger partial charge in [-0.05, 0) is 19.3 Å². The largest absolute Gasteiger partial charge is 0.383 e. The van der Waals surface area contributed by atoms with Crippen LogP contribution in [0.3, 0.4) is 0 Å². The Morgan fingerprint density at radius 2 is 2.17 bits per heavy atom. The lowest BCUT2D eigenvalue weighted by molar-refractivity contribution is -0.125. The zero-order valence-electron chi connectivity index (χ0n) is 14.0. The summed E-state index contributed by atoms with van der Waals surface area (Å²) in [6.07, 6.45) is 4.21. The van der Waals surface area contributed by atoms with Crippen LogP contribution in [0.2, 0.25) is 0 Å². The van der Waals surface area contributed by atoms with E-state index in [0.29, 0.717) is 19.7 Å². The molecular weight excluding hydrogens is 296 g/mol. The Morgan fingerprint density at radius 3 is 2.78 bits per heavy atom. The zero-order chi connectivity index (χ0) is 16.7. The molecule has 0 radical (unpaired) electrons. The van der Waals surface area contributed by atoms with E-state index in [1.54, 1.807) is 19.4 Å². The third-order valence-electron chi connectivity index (χ3n) is 4.13. The van der Waals surface area contributed by atoms with E-state index in [2.05, 4.69) is 15.3 Å². The SMILES string of the molecule is CCCn1ncc(N2CCC(C(=O)NCCOC)CC2)cc1=O. The number of methoxy groups -OCH3 is 1. The molecule has 1 fully saturated rings. The maximum absolute atomic E-state index is 12.0. The Hall–Kier alpha value is -1.89. The number of nitrogens with one attached hydrogen (secondary N) is 1. The van der Waals surface area contributed by atoms with Crippen molar-refractivity contribution in [2.24, 2.45) is 5.92 Å². The summed E-state index contributed by atoms with van der Waals surface area (Å²) in [7, 11) is 1.62. The van der Waals surface area contributed by atoms with Crippen molar-refractivity contribution >= 4 is 11.6 Å². The molecule has 0 unspecified atom stereocenters. The van der Waals surface area contributed by atoms with Gasteiger partial charge in [0.1, 0.15) is 0 Å². The van der Waals surface area contributed by atoms with Crippen LogP contribution in [-0.2, 0) is 16.1 Å². The van der Waals surface area contributed by atoms with Crippen LogP contribution in [0.4, 0.5) is 5.69 Å². The first kappa shape index (κ1) is 17.5. The van der Waals surface area contributed by atoms with E-state index in [9.17, 15) is 9.59 Å². The summed E-state index contributed by atoms with van der Waals surface area (Å²) < 4.78 is 6.42. The molecule has 7 heteroatoms. The first-order chi connectivity index (χ1) is 11.2. The number of nitrogens with zero attached hydrogens (tertiary/aromatic N) is 3. The molecule has 0 aliphatic carbocycles. The van der Waals surface area contributed by atoms with Crippen molar-refractivity contribution in [3.05, 3.63) is 22.6 Å². The minimum atomic E-state index is -0.0659. The molecule has 0 spiro atoms. The molecule has 128 valence electrons. The number of carbonyl (C=O) groups excluding carboxylic acids is 1. The van der Waals surface area contributed by atoms with Gasteiger partial charge in [-0.25, -0.2) is 4.68 Å². The number of carbonyl (C=O) groups is 1. The molecule has 1 aliphatic rings. The van der Waals surface area contributed by atoms with E-state index in [-0.39, 0.29) is 17.4 Å². The number of hydrogen-bond donors (Lipinski definition) is 1. The standard InChI is InChI=1S/C16H26N4O3/c1-3-7-20-15(21)11-14(12-18-20)19-8-4-13(5-9-19)16(22)17-6-10-23-2/h11-13H,3-10H2,1-2H3,(H,17,22). The molecule has 1 saturated heterocycles. The lowest BCUT2D eigenvalue weighted by Crippen LogP contribution is -2.41. The van der Waals surface area contributed by atoms with Crippen LogP contribution in [0.5, 0.6) is 0 Å². The third kappa shape index (κ3) is 4.79. The Labute approximate surface area is 136 Å². The van der Waals surface area contributed by atoms with E-state index in [1.807, 2.05) is 6.92 Å². The maximum atomic E-state index is 12.0. The molecule has 1 aromatic heterocycles. The van der Waals surface area contributed by atoms with Gasteiger partial charge >= 0.3 is 0 Å². The molecule has 1 aliphatic heterocycles. The molecule has 23 heavy (non-hydrogen) atoms. The summed E-state index contributed by atoms with van der Waals surface area (Å²) in [5, 5.41) is 7.11. The van der Waals surface area contributed by atoms with Crippen LogP contribution < -0.4 is 15.8 Å². The van der Waals surface area contributed by atoms with E-state index in [0.717, 1.165) is 38.0 Å². The van der Waals surface area contributed by atoms with Gasteiger partial charge in [0, 0.05) is 45.3 Å².